The number of hydrogen-bond acceptors (Lipinski definition) is 1. The van der Waals surface area contributed by atoms with Crippen LogP contribution in [0.15, 0.2) is 24.3 Å². The van der Waals surface area contributed by atoms with Gasteiger partial charge in [-0.2, -0.15) is 0 Å². The van der Waals surface area contributed by atoms with Gasteiger partial charge in [0.25, 0.3) is 0 Å². The normalized spacial score (nSPS) is 26.9. The first kappa shape index (κ1) is 11.9. The van der Waals surface area contributed by atoms with Gasteiger partial charge in [0.15, 0.2) is 0 Å². The molecule has 1 N–H and O–H groups in total. The van der Waals surface area contributed by atoms with Gasteiger partial charge in [-0.3, -0.25) is 0 Å². The maximum absolute atomic E-state index is 6.20. The summed E-state index contributed by atoms with van der Waals surface area (Å²) in [5.41, 5.74) is 1.21. The van der Waals surface area contributed by atoms with Crippen molar-refractivity contribution >= 4 is 11.6 Å². The second-order valence-electron chi connectivity index (χ2n) is 4.92. The zero-order valence-electron chi connectivity index (χ0n) is 10.0. The molecule has 0 aliphatic heterocycles. The van der Waals surface area contributed by atoms with Gasteiger partial charge in [0.1, 0.15) is 0 Å². The molecule has 1 nitrogen and oxygen atoms in total. The molecule has 3 atom stereocenters. The minimum absolute atomic E-state index is 0.347. The Kier molecular flexibility index (Phi) is 3.88. The summed E-state index contributed by atoms with van der Waals surface area (Å²) in [6, 6.07) is 9.12. The van der Waals surface area contributed by atoms with Crippen LogP contribution in [0.2, 0.25) is 5.02 Å². The van der Waals surface area contributed by atoms with Gasteiger partial charge in [0.05, 0.1) is 0 Å². The van der Waals surface area contributed by atoms with Gasteiger partial charge in [-0.15, -0.1) is 0 Å². The summed E-state index contributed by atoms with van der Waals surface area (Å²) in [6.45, 7) is 4.54. The van der Waals surface area contributed by atoms with E-state index in [-0.39, 0.29) is 0 Å². The van der Waals surface area contributed by atoms with Crippen LogP contribution in [-0.2, 0) is 0 Å². The molecule has 1 saturated carbocycles. The summed E-state index contributed by atoms with van der Waals surface area (Å²) in [6.07, 6.45) is 4.01. The van der Waals surface area contributed by atoms with Crippen LogP contribution < -0.4 is 5.32 Å². The predicted octanol–water partition coefficient (Wildman–Crippen LogP) is 4.18. The molecule has 2 heteroatoms. The Morgan fingerprint density at radius 2 is 2.06 bits per heavy atom. The Bertz CT molecular complexity index is 350. The fraction of sp³-hybridized carbons (Fsp3) is 0.571. The van der Waals surface area contributed by atoms with Crippen molar-refractivity contribution in [3.8, 4) is 0 Å². The molecule has 0 amide bonds. The lowest BCUT2D eigenvalue weighted by molar-refractivity contribution is 0.388. The van der Waals surface area contributed by atoms with E-state index >= 15 is 0 Å². The van der Waals surface area contributed by atoms with Crippen molar-refractivity contribution in [1.82, 2.24) is 5.32 Å². The van der Waals surface area contributed by atoms with Gasteiger partial charge >= 0.3 is 0 Å². The van der Waals surface area contributed by atoms with Crippen molar-refractivity contribution in [2.75, 3.05) is 0 Å². The summed E-state index contributed by atoms with van der Waals surface area (Å²) < 4.78 is 0. The van der Waals surface area contributed by atoms with Gasteiger partial charge in [0.2, 0.25) is 0 Å². The largest absolute Gasteiger partial charge is 0.307 e. The maximum Gasteiger partial charge on any atom is 0.0453 e. The summed E-state index contributed by atoms with van der Waals surface area (Å²) in [5.74, 6) is 0.796. The molecule has 1 aliphatic carbocycles. The van der Waals surface area contributed by atoms with Crippen molar-refractivity contribution in [2.24, 2.45) is 5.92 Å². The van der Waals surface area contributed by atoms with Crippen LogP contribution in [0.1, 0.15) is 44.7 Å². The highest BCUT2D eigenvalue weighted by Gasteiger charge is 2.24. The first-order valence-corrected chi connectivity index (χ1v) is 6.56. The summed E-state index contributed by atoms with van der Waals surface area (Å²) in [4.78, 5) is 0. The van der Waals surface area contributed by atoms with E-state index in [1.165, 1.54) is 24.8 Å². The van der Waals surface area contributed by atoms with Gasteiger partial charge in [-0.05, 0) is 37.3 Å². The minimum Gasteiger partial charge on any atom is -0.307 e. The van der Waals surface area contributed by atoms with Crippen LogP contribution in [0.4, 0.5) is 0 Å². The second-order valence-corrected chi connectivity index (χ2v) is 5.33. The van der Waals surface area contributed by atoms with Gasteiger partial charge in [-0.1, -0.05) is 43.1 Å². The molecule has 0 radical (unpaired) electrons. The van der Waals surface area contributed by atoms with E-state index < -0.39 is 0 Å². The third kappa shape index (κ3) is 2.58. The van der Waals surface area contributed by atoms with E-state index in [1.807, 2.05) is 12.1 Å². The van der Waals surface area contributed by atoms with E-state index in [9.17, 15) is 0 Å². The Balaban J connectivity index is 2.03. The van der Waals surface area contributed by atoms with Crippen molar-refractivity contribution in [3.05, 3.63) is 34.9 Å². The highest BCUT2D eigenvalue weighted by Crippen LogP contribution is 2.29. The zero-order valence-corrected chi connectivity index (χ0v) is 10.8. The first-order valence-electron chi connectivity index (χ1n) is 6.19. The summed E-state index contributed by atoms with van der Waals surface area (Å²) in [7, 11) is 0. The molecule has 0 heterocycles. The number of halogens is 1. The van der Waals surface area contributed by atoms with Crippen molar-refractivity contribution in [3.63, 3.8) is 0 Å². The molecule has 0 bridgehead atoms. The molecule has 0 aromatic heterocycles. The number of hydrogen-bond donors (Lipinski definition) is 1. The lowest BCUT2D eigenvalue weighted by Gasteiger charge is -2.23. The van der Waals surface area contributed by atoms with Crippen molar-refractivity contribution in [1.29, 1.82) is 0 Å². The Morgan fingerprint density at radius 1 is 1.31 bits per heavy atom. The molecule has 0 spiro atoms. The third-order valence-corrected chi connectivity index (χ3v) is 4.04. The monoisotopic (exact) mass is 237 g/mol. The van der Waals surface area contributed by atoms with E-state index in [0.29, 0.717) is 12.1 Å². The quantitative estimate of drug-likeness (QED) is 0.832. The molecule has 0 saturated heterocycles. The van der Waals surface area contributed by atoms with Gasteiger partial charge in [-0.25, -0.2) is 0 Å². The number of benzene rings is 1. The Labute approximate surface area is 103 Å². The van der Waals surface area contributed by atoms with Crippen LogP contribution in [-0.4, -0.2) is 6.04 Å². The SMILES string of the molecule is CC(NC1CCCC1C)c1ccccc1Cl. The van der Waals surface area contributed by atoms with E-state index in [4.69, 9.17) is 11.6 Å². The van der Waals surface area contributed by atoms with Crippen LogP contribution in [0.5, 0.6) is 0 Å². The van der Waals surface area contributed by atoms with Gasteiger partial charge in [0, 0.05) is 17.1 Å². The number of nitrogens with one attached hydrogen (secondary N) is 1. The average molecular weight is 238 g/mol. The number of rotatable bonds is 3. The van der Waals surface area contributed by atoms with E-state index in [2.05, 4.69) is 31.3 Å². The highest BCUT2D eigenvalue weighted by molar-refractivity contribution is 6.31. The fourth-order valence-electron chi connectivity index (χ4n) is 2.63. The average Bonchev–Trinajstić information content (AvgIpc) is 2.65. The maximum atomic E-state index is 6.20. The zero-order chi connectivity index (χ0) is 11.5. The van der Waals surface area contributed by atoms with E-state index in [0.717, 1.165) is 10.9 Å². The Morgan fingerprint density at radius 3 is 2.69 bits per heavy atom. The van der Waals surface area contributed by atoms with Gasteiger partial charge < -0.3 is 5.32 Å². The van der Waals surface area contributed by atoms with E-state index in [1.54, 1.807) is 0 Å². The van der Waals surface area contributed by atoms with Crippen LogP contribution in [0, 0.1) is 5.92 Å². The standard InChI is InChI=1S/C14H20ClN/c1-10-6-5-9-14(10)16-11(2)12-7-3-4-8-13(12)15/h3-4,7-8,10-11,14,16H,5-6,9H2,1-2H3. The molecule has 1 aromatic rings. The predicted molar refractivity (Wildman–Crippen MR) is 69.8 cm³/mol. The molecule has 1 aromatic carbocycles. The second kappa shape index (κ2) is 5.20. The van der Waals surface area contributed by atoms with Crippen molar-refractivity contribution < 1.29 is 0 Å². The van der Waals surface area contributed by atoms with Crippen LogP contribution in [0.3, 0.4) is 0 Å². The summed E-state index contributed by atoms with van der Waals surface area (Å²) in [5, 5.41) is 4.57. The molecule has 16 heavy (non-hydrogen) atoms. The third-order valence-electron chi connectivity index (χ3n) is 3.70. The highest BCUT2D eigenvalue weighted by atomic mass is 35.5. The van der Waals surface area contributed by atoms with Crippen LogP contribution >= 0.6 is 11.6 Å². The fourth-order valence-corrected chi connectivity index (χ4v) is 2.93. The lowest BCUT2D eigenvalue weighted by atomic mass is 10.0. The molecule has 1 aliphatic rings. The molecule has 1 fully saturated rings. The van der Waals surface area contributed by atoms with Crippen molar-refractivity contribution in [2.45, 2.75) is 45.2 Å². The molecule has 3 unspecified atom stereocenters. The molecular formula is C14H20ClN. The topological polar surface area (TPSA) is 12.0 Å². The Hall–Kier alpha value is -0.530. The smallest absolute Gasteiger partial charge is 0.0453 e. The van der Waals surface area contributed by atoms with Crippen LogP contribution in [0.25, 0.3) is 0 Å². The minimum atomic E-state index is 0.347. The first-order chi connectivity index (χ1) is 7.68. The molecule has 88 valence electrons. The molecular weight excluding hydrogens is 218 g/mol. The lowest BCUT2D eigenvalue weighted by Crippen LogP contribution is -2.33. The molecule has 2 rings (SSSR count). The summed E-state index contributed by atoms with van der Waals surface area (Å²) >= 11 is 6.20.